The molecule has 1 saturated carbocycles. The average Bonchev–Trinajstić information content (AvgIpc) is 2.87. The molecule has 0 aliphatic heterocycles. The zero-order valence-electron chi connectivity index (χ0n) is 10.7. The molecule has 3 nitrogen and oxygen atoms in total. The fourth-order valence-electron chi connectivity index (χ4n) is 2.37. The molecule has 94 valence electrons. The molecule has 1 aromatic heterocycles. The van der Waals surface area contributed by atoms with E-state index in [0.29, 0.717) is 0 Å². The van der Waals surface area contributed by atoms with Crippen molar-refractivity contribution >= 4 is 11.5 Å². The van der Waals surface area contributed by atoms with Crippen molar-refractivity contribution in [2.24, 2.45) is 5.92 Å². The third kappa shape index (κ3) is 3.91. The number of pyridine rings is 1. The second kappa shape index (κ2) is 6.48. The lowest BCUT2D eigenvalue weighted by Crippen LogP contribution is -2.11. The lowest BCUT2D eigenvalue weighted by atomic mass is 10.1. The van der Waals surface area contributed by atoms with E-state index in [4.69, 9.17) is 0 Å². The second-order valence-electron chi connectivity index (χ2n) is 4.89. The van der Waals surface area contributed by atoms with Crippen molar-refractivity contribution in [3.63, 3.8) is 0 Å². The number of rotatable bonds is 6. The van der Waals surface area contributed by atoms with E-state index in [0.717, 1.165) is 31.2 Å². The highest BCUT2D eigenvalue weighted by Crippen LogP contribution is 2.25. The number of hydrogen-bond donors (Lipinski definition) is 2. The van der Waals surface area contributed by atoms with Gasteiger partial charge in [0.25, 0.3) is 0 Å². The molecule has 0 spiro atoms. The van der Waals surface area contributed by atoms with Crippen molar-refractivity contribution in [2.75, 3.05) is 23.7 Å². The Morgan fingerprint density at radius 2 is 2.12 bits per heavy atom. The van der Waals surface area contributed by atoms with Gasteiger partial charge in [0.2, 0.25) is 0 Å². The number of nitrogens with zero attached hydrogens (tertiary/aromatic N) is 1. The van der Waals surface area contributed by atoms with Gasteiger partial charge >= 0.3 is 0 Å². The zero-order chi connectivity index (χ0) is 11.9. The SMILES string of the molecule is CCCNc1cc(NCC2CCCC2)ccn1. The van der Waals surface area contributed by atoms with E-state index >= 15 is 0 Å². The summed E-state index contributed by atoms with van der Waals surface area (Å²) in [5.41, 5.74) is 1.19. The molecule has 0 saturated heterocycles. The molecule has 1 aromatic rings. The third-order valence-electron chi connectivity index (χ3n) is 3.39. The summed E-state index contributed by atoms with van der Waals surface area (Å²) in [6.45, 7) is 4.26. The van der Waals surface area contributed by atoms with Crippen LogP contribution in [0, 0.1) is 5.92 Å². The molecular weight excluding hydrogens is 210 g/mol. The normalized spacial score (nSPS) is 16.1. The van der Waals surface area contributed by atoms with Crippen LogP contribution in [0.15, 0.2) is 18.3 Å². The van der Waals surface area contributed by atoms with E-state index in [1.54, 1.807) is 0 Å². The molecule has 0 aromatic carbocycles. The highest BCUT2D eigenvalue weighted by atomic mass is 15.0. The van der Waals surface area contributed by atoms with E-state index in [-0.39, 0.29) is 0 Å². The van der Waals surface area contributed by atoms with Gasteiger partial charge in [0, 0.05) is 31.0 Å². The number of hydrogen-bond acceptors (Lipinski definition) is 3. The third-order valence-corrected chi connectivity index (χ3v) is 3.39. The number of aromatic nitrogens is 1. The summed E-state index contributed by atoms with van der Waals surface area (Å²) in [5, 5.41) is 6.83. The van der Waals surface area contributed by atoms with Crippen LogP contribution < -0.4 is 10.6 Å². The first-order valence-corrected chi connectivity index (χ1v) is 6.82. The van der Waals surface area contributed by atoms with Crippen molar-refractivity contribution < 1.29 is 0 Å². The average molecular weight is 233 g/mol. The molecule has 1 heterocycles. The van der Waals surface area contributed by atoms with Crippen LogP contribution in [-0.4, -0.2) is 18.1 Å². The lowest BCUT2D eigenvalue weighted by molar-refractivity contribution is 0.580. The Morgan fingerprint density at radius 1 is 1.29 bits per heavy atom. The molecule has 3 heteroatoms. The molecule has 17 heavy (non-hydrogen) atoms. The monoisotopic (exact) mass is 233 g/mol. The van der Waals surface area contributed by atoms with Crippen LogP contribution in [0.2, 0.25) is 0 Å². The van der Waals surface area contributed by atoms with Crippen molar-refractivity contribution in [1.29, 1.82) is 0 Å². The van der Waals surface area contributed by atoms with Crippen LogP contribution in [0.1, 0.15) is 39.0 Å². The Labute approximate surface area is 104 Å². The van der Waals surface area contributed by atoms with Gasteiger partial charge in [0.15, 0.2) is 0 Å². The molecule has 2 N–H and O–H groups in total. The minimum atomic E-state index is 0.871. The van der Waals surface area contributed by atoms with E-state index in [9.17, 15) is 0 Å². The number of nitrogens with one attached hydrogen (secondary N) is 2. The van der Waals surface area contributed by atoms with Crippen molar-refractivity contribution in [2.45, 2.75) is 39.0 Å². The first kappa shape index (κ1) is 12.2. The summed E-state index contributed by atoms with van der Waals surface area (Å²) in [7, 11) is 0. The Balaban J connectivity index is 1.82. The van der Waals surface area contributed by atoms with Crippen molar-refractivity contribution in [1.82, 2.24) is 4.98 Å². The first-order valence-electron chi connectivity index (χ1n) is 6.82. The molecule has 0 atom stereocenters. The zero-order valence-corrected chi connectivity index (χ0v) is 10.7. The van der Waals surface area contributed by atoms with Gasteiger partial charge in [-0.3, -0.25) is 0 Å². The van der Waals surface area contributed by atoms with Crippen LogP contribution in [0.5, 0.6) is 0 Å². The Bertz CT molecular complexity index is 332. The predicted molar refractivity (Wildman–Crippen MR) is 73.5 cm³/mol. The molecule has 0 radical (unpaired) electrons. The largest absolute Gasteiger partial charge is 0.385 e. The fourth-order valence-corrected chi connectivity index (χ4v) is 2.37. The first-order chi connectivity index (χ1) is 8.38. The van der Waals surface area contributed by atoms with Crippen LogP contribution in [0.25, 0.3) is 0 Å². The lowest BCUT2D eigenvalue weighted by Gasteiger charge is -2.12. The standard InChI is InChI=1S/C14H23N3/c1-2-8-15-14-10-13(7-9-16-14)17-11-12-5-3-4-6-12/h7,9-10,12H,2-6,8,11H2,1H3,(H2,15,16,17). The van der Waals surface area contributed by atoms with E-state index in [1.807, 2.05) is 12.3 Å². The van der Waals surface area contributed by atoms with E-state index in [2.05, 4.69) is 28.6 Å². The van der Waals surface area contributed by atoms with Crippen LogP contribution >= 0.6 is 0 Å². The van der Waals surface area contributed by atoms with Crippen molar-refractivity contribution in [3.8, 4) is 0 Å². The molecule has 1 aliphatic rings. The maximum Gasteiger partial charge on any atom is 0.127 e. The summed E-state index contributed by atoms with van der Waals surface area (Å²) < 4.78 is 0. The summed E-state index contributed by atoms with van der Waals surface area (Å²) in [5.74, 6) is 1.85. The molecule has 0 amide bonds. The van der Waals surface area contributed by atoms with Crippen molar-refractivity contribution in [3.05, 3.63) is 18.3 Å². The van der Waals surface area contributed by atoms with Crippen LogP contribution in [0.4, 0.5) is 11.5 Å². The predicted octanol–water partition coefficient (Wildman–Crippen LogP) is 3.51. The highest BCUT2D eigenvalue weighted by molar-refractivity contribution is 5.51. The number of anilines is 2. The van der Waals surface area contributed by atoms with Gasteiger partial charge in [-0.15, -0.1) is 0 Å². The quantitative estimate of drug-likeness (QED) is 0.789. The topological polar surface area (TPSA) is 37.0 Å². The Kier molecular flexibility index (Phi) is 4.65. The molecule has 1 fully saturated rings. The summed E-state index contributed by atoms with van der Waals surface area (Å²) in [6.07, 6.45) is 8.59. The van der Waals surface area contributed by atoms with E-state index < -0.39 is 0 Å². The van der Waals surface area contributed by atoms with Gasteiger partial charge in [-0.2, -0.15) is 0 Å². The Morgan fingerprint density at radius 3 is 2.88 bits per heavy atom. The minimum Gasteiger partial charge on any atom is -0.385 e. The summed E-state index contributed by atoms with van der Waals surface area (Å²) in [4.78, 5) is 4.31. The molecule has 1 aliphatic carbocycles. The van der Waals surface area contributed by atoms with E-state index in [1.165, 1.54) is 31.4 Å². The molecular formula is C14H23N3. The summed E-state index contributed by atoms with van der Waals surface area (Å²) in [6, 6.07) is 4.15. The highest BCUT2D eigenvalue weighted by Gasteiger charge is 2.14. The van der Waals surface area contributed by atoms with Gasteiger partial charge < -0.3 is 10.6 Å². The smallest absolute Gasteiger partial charge is 0.127 e. The second-order valence-corrected chi connectivity index (χ2v) is 4.89. The Hall–Kier alpha value is -1.25. The maximum absolute atomic E-state index is 4.31. The molecule has 0 bridgehead atoms. The van der Waals surface area contributed by atoms with Gasteiger partial charge in [-0.25, -0.2) is 4.98 Å². The van der Waals surface area contributed by atoms with Gasteiger partial charge in [-0.1, -0.05) is 19.8 Å². The summed E-state index contributed by atoms with van der Waals surface area (Å²) >= 11 is 0. The van der Waals surface area contributed by atoms with Crippen LogP contribution in [-0.2, 0) is 0 Å². The maximum atomic E-state index is 4.31. The fraction of sp³-hybridized carbons (Fsp3) is 0.643. The van der Waals surface area contributed by atoms with Crippen LogP contribution in [0.3, 0.4) is 0 Å². The van der Waals surface area contributed by atoms with Gasteiger partial charge in [-0.05, 0) is 31.2 Å². The van der Waals surface area contributed by atoms with Gasteiger partial charge in [0.05, 0.1) is 0 Å². The van der Waals surface area contributed by atoms with Gasteiger partial charge in [0.1, 0.15) is 5.82 Å². The molecule has 2 rings (SSSR count). The minimum absolute atomic E-state index is 0.871. The molecule has 0 unspecified atom stereocenters.